The summed E-state index contributed by atoms with van der Waals surface area (Å²) >= 11 is 0. The minimum absolute atomic E-state index is 0.185. The van der Waals surface area contributed by atoms with Crippen LogP contribution in [0.1, 0.15) is 28.8 Å². The molecule has 1 aromatic carbocycles. The van der Waals surface area contributed by atoms with Gasteiger partial charge in [-0.1, -0.05) is 6.07 Å². The molecule has 0 aliphatic heterocycles. The number of amides is 1. The van der Waals surface area contributed by atoms with Gasteiger partial charge in [0.05, 0.1) is 11.1 Å². The van der Waals surface area contributed by atoms with Crippen LogP contribution in [0.15, 0.2) is 18.2 Å². The largest absolute Gasteiger partial charge is 0.478 e. The monoisotopic (exact) mass is 234 g/mol. The molecule has 0 aromatic heterocycles. The molecule has 1 aliphatic rings. The molecule has 2 rings (SSSR count). The van der Waals surface area contributed by atoms with Crippen molar-refractivity contribution >= 4 is 17.6 Å². The van der Waals surface area contributed by atoms with Crippen molar-refractivity contribution in [1.29, 1.82) is 0 Å². The molecular formula is C12H14N2O3. The molecule has 1 fully saturated rings. The summed E-state index contributed by atoms with van der Waals surface area (Å²) in [4.78, 5) is 22.7. The summed E-state index contributed by atoms with van der Waals surface area (Å²) in [5.74, 6) is -1.25. The molecule has 5 heteroatoms. The van der Waals surface area contributed by atoms with Crippen molar-refractivity contribution in [2.24, 2.45) is 5.73 Å². The van der Waals surface area contributed by atoms with E-state index in [1.165, 1.54) is 6.07 Å². The fourth-order valence-electron chi connectivity index (χ4n) is 1.61. The molecule has 1 saturated carbocycles. The van der Waals surface area contributed by atoms with E-state index in [2.05, 4.69) is 5.32 Å². The maximum atomic E-state index is 11.7. The second kappa shape index (κ2) is 3.85. The van der Waals surface area contributed by atoms with Gasteiger partial charge in [0.2, 0.25) is 5.91 Å². The van der Waals surface area contributed by atoms with E-state index in [1.807, 2.05) is 0 Å². The molecule has 17 heavy (non-hydrogen) atoms. The van der Waals surface area contributed by atoms with Crippen LogP contribution in [0.5, 0.6) is 0 Å². The number of carboxylic acids is 1. The van der Waals surface area contributed by atoms with Gasteiger partial charge in [0.1, 0.15) is 0 Å². The van der Waals surface area contributed by atoms with Gasteiger partial charge in [-0.05, 0) is 37.5 Å². The Morgan fingerprint density at radius 1 is 1.41 bits per heavy atom. The Morgan fingerprint density at radius 3 is 2.59 bits per heavy atom. The maximum Gasteiger partial charge on any atom is 0.336 e. The normalized spacial score (nSPS) is 16.4. The van der Waals surface area contributed by atoms with E-state index < -0.39 is 11.5 Å². The molecule has 0 atom stereocenters. The predicted octanol–water partition coefficient (Wildman–Crippen LogP) is 1.12. The van der Waals surface area contributed by atoms with Crippen LogP contribution >= 0.6 is 0 Å². The Hall–Kier alpha value is -1.88. The molecule has 0 saturated heterocycles. The first-order chi connectivity index (χ1) is 7.94. The van der Waals surface area contributed by atoms with E-state index in [4.69, 9.17) is 10.8 Å². The lowest BCUT2D eigenvalue weighted by molar-refractivity contribution is -0.118. The maximum absolute atomic E-state index is 11.7. The number of aromatic carboxylic acids is 1. The van der Waals surface area contributed by atoms with Crippen LogP contribution in [0, 0.1) is 6.92 Å². The number of carbonyl (C=O) groups excluding carboxylic acids is 1. The third-order valence-corrected chi connectivity index (χ3v) is 3.05. The molecule has 5 nitrogen and oxygen atoms in total. The van der Waals surface area contributed by atoms with E-state index in [0.717, 1.165) is 0 Å². The van der Waals surface area contributed by atoms with Crippen LogP contribution in [-0.2, 0) is 4.79 Å². The summed E-state index contributed by atoms with van der Waals surface area (Å²) in [6, 6.07) is 4.77. The van der Waals surface area contributed by atoms with Crippen molar-refractivity contribution in [3.63, 3.8) is 0 Å². The van der Waals surface area contributed by atoms with Gasteiger partial charge in [0, 0.05) is 5.69 Å². The Balaban J connectivity index is 2.24. The van der Waals surface area contributed by atoms with Gasteiger partial charge < -0.3 is 16.2 Å². The predicted molar refractivity (Wildman–Crippen MR) is 62.9 cm³/mol. The highest BCUT2D eigenvalue weighted by molar-refractivity contribution is 6.01. The van der Waals surface area contributed by atoms with Crippen molar-refractivity contribution in [2.45, 2.75) is 25.3 Å². The standard InChI is InChI=1S/C12H14N2O3/c1-7-8(10(15)16)3-2-4-9(7)14-11(17)12(13)5-6-12/h2-4H,5-6,13H2,1H3,(H,14,17)(H,15,16). The molecule has 1 aromatic rings. The molecule has 4 N–H and O–H groups in total. The molecule has 0 radical (unpaired) electrons. The zero-order valence-corrected chi connectivity index (χ0v) is 9.49. The summed E-state index contributed by atoms with van der Waals surface area (Å²) in [5.41, 5.74) is 6.23. The summed E-state index contributed by atoms with van der Waals surface area (Å²) in [6.07, 6.45) is 1.35. The number of anilines is 1. The number of benzene rings is 1. The number of rotatable bonds is 3. The third kappa shape index (κ3) is 2.14. The zero-order chi connectivity index (χ0) is 12.6. The highest BCUT2D eigenvalue weighted by Gasteiger charge is 2.46. The van der Waals surface area contributed by atoms with Crippen LogP contribution in [0.2, 0.25) is 0 Å². The average molecular weight is 234 g/mol. The van der Waals surface area contributed by atoms with Crippen LogP contribution in [0.3, 0.4) is 0 Å². The summed E-state index contributed by atoms with van der Waals surface area (Å²) in [7, 11) is 0. The van der Waals surface area contributed by atoms with E-state index in [-0.39, 0.29) is 11.5 Å². The van der Waals surface area contributed by atoms with Crippen LogP contribution in [0.25, 0.3) is 0 Å². The molecule has 1 amide bonds. The Kier molecular flexibility index (Phi) is 2.63. The van der Waals surface area contributed by atoms with Crippen molar-refractivity contribution in [3.8, 4) is 0 Å². The number of hydrogen-bond acceptors (Lipinski definition) is 3. The van der Waals surface area contributed by atoms with E-state index in [1.54, 1.807) is 19.1 Å². The van der Waals surface area contributed by atoms with Crippen LogP contribution in [0.4, 0.5) is 5.69 Å². The third-order valence-electron chi connectivity index (χ3n) is 3.05. The Bertz CT molecular complexity index is 493. The van der Waals surface area contributed by atoms with Gasteiger partial charge in [-0.15, -0.1) is 0 Å². The highest BCUT2D eigenvalue weighted by atomic mass is 16.4. The number of carbonyl (C=O) groups is 2. The molecule has 0 spiro atoms. The van der Waals surface area contributed by atoms with Crippen LogP contribution in [-0.4, -0.2) is 22.5 Å². The molecular weight excluding hydrogens is 220 g/mol. The SMILES string of the molecule is Cc1c(NC(=O)C2(N)CC2)cccc1C(=O)O. The van der Waals surface area contributed by atoms with Gasteiger partial charge in [-0.3, -0.25) is 4.79 Å². The van der Waals surface area contributed by atoms with E-state index >= 15 is 0 Å². The quantitative estimate of drug-likeness (QED) is 0.730. The lowest BCUT2D eigenvalue weighted by Crippen LogP contribution is -2.38. The van der Waals surface area contributed by atoms with E-state index in [9.17, 15) is 9.59 Å². The van der Waals surface area contributed by atoms with Gasteiger partial charge in [0.25, 0.3) is 0 Å². The van der Waals surface area contributed by atoms with Gasteiger partial charge in [-0.2, -0.15) is 0 Å². The molecule has 90 valence electrons. The number of hydrogen-bond donors (Lipinski definition) is 3. The summed E-state index contributed by atoms with van der Waals surface area (Å²) < 4.78 is 0. The molecule has 0 unspecified atom stereocenters. The topological polar surface area (TPSA) is 92.4 Å². The molecule has 0 bridgehead atoms. The van der Waals surface area contributed by atoms with Crippen molar-refractivity contribution in [1.82, 2.24) is 0 Å². The minimum atomic E-state index is -1.01. The van der Waals surface area contributed by atoms with E-state index in [0.29, 0.717) is 24.1 Å². The Morgan fingerprint density at radius 2 is 2.06 bits per heavy atom. The minimum Gasteiger partial charge on any atom is -0.478 e. The van der Waals surface area contributed by atoms with Crippen LogP contribution < -0.4 is 11.1 Å². The van der Waals surface area contributed by atoms with Crippen molar-refractivity contribution in [2.75, 3.05) is 5.32 Å². The summed E-state index contributed by atoms with van der Waals surface area (Å²) in [6.45, 7) is 1.66. The Labute approximate surface area is 98.6 Å². The lowest BCUT2D eigenvalue weighted by atomic mass is 10.1. The first-order valence-electron chi connectivity index (χ1n) is 5.37. The fraction of sp³-hybridized carbons (Fsp3) is 0.333. The number of nitrogens with two attached hydrogens (primary N) is 1. The average Bonchev–Trinajstić information content (AvgIpc) is 3.00. The summed E-state index contributed by atoms with van der Waals surface area (Å²) in [5, 5.41) is 11.6. The van der Waals surface area contributed by atoms with Gasteiger partial charge >= 0.3 is 5.97 Å². The fourth-order valence-corrected chi connectivity index (χ4v) is 1.61. The first-order valence-corrected chi connectivity index (χ1v) is 5.37. The smallest absolute Gasteiger partial charge is 0.336 e. The van der Waals surface area contributed by atoms with Gasteiger partial charge in [0.15, 0.2) is 0 Å². The second-order valence-corrected chi connectivity index (χ2v) is 4.39. The molecule has 0 heterocycles. The second-order valence-electron chi connectivity index (χ2n) is 4.39. The molecule has 1 aliphatic carbocycles. The van der Waals surface area contributed by atoms with Crippen molar-refractivity contribution in [3.05, 3.63) is 29.3 Å². The number of carboxylic acid groups (broad SMARTS) is 1. The van der Waals surface area contributed by atoms with Gasteiger partial charge in [-0.25, -0.2) is 4.79 Å². The zero-order valence-electron chi connectivity index (χ0n) is 9.49. The number of nitrogens with one attached hydrogen (secondary N) is 1. The first kappa shape index (κ1) is 11.6. The highest BCUT2D eigenvalue weighted by Crippen LogP contribution is 2.33. The lowest BCUT2D eigenvalue weighted by Gasteiger charge is -2.13. The van der Waals surface area contributed by atoms with Crippen molar-refractivity contribution < 1.29 is 14.7 Å².